The smallest absolute Gasteiger partial charge is 0.254 e. The van der Waals surface area contributed by atoms with Crippen LogP contribution in [0.4, 0.5) is 5.69 Å². The number of amides is 1. The summed E-state index contributed by atoms with van der Waals surface area (Å²) in [4.78, 5) is 38.1. The number of primary amides is 1. The van der Waals surface area contributed by atoms with Crippen LogP contribution in [-0.2, 0) is 9.59 Å². The highest BCUT2D eigenvalue weighted by Crippen LogP contribution is 2.34. The van der Waals surface area contributed by atoms with E-state index in [2.05, 4.69) is 0 Å². The first-order valence-corrected chi connectivity index (χ1v) is 7.03. The van der Waals surface area contributed by atoms with Gasteiger partial charge in [-0.25, -0.2) is 0 Å². The number of anilines is 1. The van der Waals surface area contributed by atoms with E-state index in [4.69, 9.17) is 5.73 Å². The fraction of sp³-hybridized carbons (Fsp3) is 0.0556. The number of carbonyl (C=O) groups excluding carboxylic acids is 3. The Kier molecular flexibility index (Phi) is 3.54. The molecule has 1 amide bonds. The Morgan fingerprint density at radius 1 is 0.870 bits per heavy atom. The first kappa shape index (κ1) is 14.7. The molecule has 5 nitrogen and oxygen atoms in total. The lowest BCUT2D eigenvalue weighted by Gasteiger charge is -2.28. The largest absolute Gasteiger partial charge is 0.365 e. The molecule has 0 fully saturated rings. The van der Waals surface area contributed by atoms with Crippen LogP contribution in [0.3, 0.4) is 0 Å². The van der Waals surface area contributed by atoms with Gasteiger partial charge in [0.25, 0.3) is 5.91 Å². The van der Waals surface area contributed by atoms with Crippen LogP contribution in [0.1, 0.15) is 15.9 Å². The first-order valence-electron chi connectivity index (χ1n) is 7.03. The van der Waals surface area contributed by atoms with Crippen molar-refractivity contribution in [1.82, 2.24) is 0 Å². The van der Waals surface area contributed by atoms with Gasteiger partial charge in [0.1, 0.15) is 5.57 Å². The second kappa shape index (κ2) is 5.53. The lowest BCUT2D eigenvalue weighted by molar-refractivity contribution is -0.119. The topological polar surface area (TPSA) is 80.5 Å². The van der Waals surface area contributed by atoms with Crippen molar-refractivity contribution in [2.45, 2.75) is 0 Å². The van der Waals surface area contributed by atoms with E-state index in [9.17, 15) is 14.4 Å². The standard InChI is InChI=1S/C18H14N2O3/c1-20(11-7-3-2-4-8-11)15-12-9-5-6-10-13(12)16(21)17(22)14(15)18(19)23/h2-10H,1H3,(H2,19,23). The van der Waals surface area contributed by atoms with Gasteiger partial charge in [-0.3, -0.25) is 14.4 Å². The van der Waals surface area contributed by atoms with Crippen LogP contribution in [0, 0.1) is 0 Å². The number of ketones is 2. The van der Waals surface area contributed by atoms with Crippen LogP contribution >= 0.6 is 0 Å². The van der Waals surface area contributed by atoms with Crippen LogP contribution < -0.4 is 10.6 Å². The minimum atomic E-state index is -0.907. The summed E-state index contributed by atoms with van der Waals surface area (Å²) in [6.07, 6.45) is 0. The molecule has 0 saturated carbocycles. The van der Waals surface area contributed by atoms with Crippen LogP contribution in [0.25, 0.3) is 5.70 Å². The van der Waals surface area contributed by atoms with E-state index in [0.29, 0.717) is 11.3 Å². The van der Waals surface area contributed by atoms with E-state index in [1.807, 2.05) is 30.3 Å². The maximum absolute atomic E-state index is 12.3. The maximum atomic E-state index is 12.3. The number of hydrogen-bond acceptors (Lipinski definition) is 4. The van der Waals surface area contributed by atoms with Gasteiger partial charge in [-0.05, 0) is 12.1 Å². The Labute approximate surface area is 133 Å². The molecule has 1 aliphatic carbocycles. The Hall–Kier alpha value is -3.21. The number of benzene rings is 2. The zero-order valence-corrected chi connectivity index (χ0v) is 12.4. The van der Waals surface area contributed by atoms with Crippen molar-refractivity contribution < 1.29 is 14.4 Å². The van der Waals surface area contributed by atoms with Gasteiger partial charge in [-0.15, -0.1) is 0 Å². The van der Waals surface area contributed by atoms with Gasteiger partial charge in [0.2, 0.25) is 11.6 Å². The van der Waals surface area contributed by atoms with Gasteiger partial charge in [-0.1, -0.05) is 42.5 Å². The third-order valence-electron chi connectivity index (χ3n) is 3.82. The molecule has 0 aliphatic heterocycles. The predicted octanol–water partition coefficient (Wildman–Crippen LogP) is 1.78. The zero-order chi connectivity index (χ0) is 16.6. The van der Waals surface area contributed by atoms with Crippen LogP contribution in [0.2, 0.25) is 0 Å². The molecular formula is C18H14N2O3. The Balaban J connectivity index is 2.30. The SMILES string of the molecule is CN(C1=C(C(N)=O)C(=O)C(=O)c2ccccc21)c1ccccc1. The van der Waals surface area contributed by atoms with Gasteiger partial charge >= 0.3 is 0 Å². The lowest BCUT2D eigenvalue weighted by Crippen LogP contribution is -2.35. The molecule has 2 aromatic carbocycles. The van der Waals surface area contributed by atoms with Crippen LogP contribution in [-0.4, -0.2) is 24.5 Å². The highest BCUT2D eigenvalue weighted by Gasteiger charge is 2.37. The third-order valence-corrected chi connectivity index (χ3v) is 3.82. The summed E-state index contributed by atoms with van der Waals surface area (Å²) < 4.78 is 0. The lowest BCUT2D eigenvalue weighted by atomic mass is 9.86. The van der Waals surface area contributed by atoms with Crippen LogP contribution in [0.15, 0.2) is 60.2 Å². The first-order chi connectivity index (χ1) is 11.0. The number of rotatable bonds is 3. The molecule has 0 heterocycles. The molecule has 0 saturated heterocycles. The van der Waals surface area contributed by atoms with E-state index in [1.165, 1.54) is 0 Å². The molecule has 2 aromatic rings. The van der Waals surface area contributed by atoms with Crippen molar-refractivity contribution in [2.24, 2.45) is 5.73 Å². The number of nitrogens with two attached hydrogens (primary N) is 1. The third kappa shape index (κ3) is 2.32. The summed E-state index contributed by atoms with van der Waals surface area (Å²) in [5.74, 6) is -2.48. The summed E-state index contributed by atoms with van der Waals surface area (Å²) in [5, 5.41) is 0. The van der Waals surface area contributed by atoms with Crippen molar-refractivity contribution in [3.8, 4) is 0 Å². The number of para-hydroxylation sites is 1. The molecule has 114 valence electrons. The molecule has 0 atom stereocenters. The number of hydrogen-bond donors (Lipinski definition) is 1. The molecule has 1 aliphatic rings. The minimum absolute atomic E-state index is 0.278. The molecule has 3 rings (SSSR count). The number of nitrogens with zero attached hydrogens (tertiary/aromatic N) is 1. The maximum Gasteiger partial charge on any atom is 0.254 e. The molecule has 0 radical (unpaired) electrons. The second-order valence-corrected chi connectivity index (χ2v) is 5.19. The average molecular weight is 306 g/mol. The molecule has 0 bridgehead atoms. The fourth-order valence-corrected chi connectivity index (χ4v) is 2.72. The van der Waals surface area contributed by atoms with Gasteiger partial charge in [0.05, 0.1) is 5.70 Å². The summed E-state index contributed by atoms with van der Waals surface area (Å²) in [7, 11) is 1.73. The van der Waals surface area contributed by atoms with Crippen molar-refractivity contribution in [2.75, 3.05) is 11.9 Å². The summed E-state index contributed by atoms with van der Waals surface area (Å²) in [5.41, 5.74) is 7.04. The highest BCUT2D eigenvalue weighted by atomic mass is 16.2. The Bertz CT molecular complexity index is 854. The summed E-state index contributed by atoms with van der Waals surface area (Å²) in [6.45, 7) is 0. The Morgan fingerprint density at radius 2 is 1.43 bits per heavy atom. The van der Waals surface area contributed by atoms with E-state index < -0.39 is 17.5 Å². The van der Waals surface area contributed by atoms with Crippen molar-refractivity contribution in [3.63, 3.8) is 0 Å². The molecule has 2 N–H and O–H groups in total. The van der Waals surface area contributed by atoms with E-state index in [0.717, 1.165) is 5.69 Å². The molecular weight excluding hydrogens is 292 g/mol. The van der Waals surface area contributed by atoms with E-state index >= 15 is 0 Å². The quantitative estimate of drug-likeness (QED) is 0.692. The molecule has 0 aromatic heterocycles. The summed E-state index contributed by atoms with van der Waals surface area (Å²) in [6, 6.07) is 16.0. The fourth-order valence-electron chi connectivity index (χ4n) is 2.72. The summed E-state index contributed by atoms with van der Waals surface area (Å²) >= 11 is 0. The monoisotopic (exact) mass is 306 g/mol. The zero-order valence-electron chi connectivity index (χ0n) is 12.4. The van der Waals surface area contributed by atoms with Crippen molar-refractivity contribution >= 4 is 28.9 Å². The van der Waals surface area contributed by atoms with Gasteiger partial charge in [0.15, 0.2) is 0 Å². The minimum Gasteiger partial charge on any atom is -0.365 e. The van der Waals surface area contributed by atoms with Gasteiger partial charge in [-0.2, -0.15) is 0 Å². The van der Waals surface area contributed by atoms with Gasteiger partial charge in [0, 0.05) is 23.9 Å². The second-order valence-electron chi connectivity index (χ2n) is 5.19. The number of fused-ring (bicyclic) bond motifs is 1. The van der Waals surface area contributed by atoms with Crippen molar-refractivity contribution in [1.29, 1.82) is 0 Å². The number of carbonyl (C=O) groups is 3. The Morgan fingerprint density at radius 3 is 2.04 bits per heavy atom. The molecule has 0 unspecified atom stereocenters. The van der Waals surface area contributed by atoms with Crippen LogP contribution in [0.5, 0.6) is 0 Å². The van der Waals surface area contributed by atoms with E-state index in [1.54, 1.807) is 36.2 Å². The van der Waals surface area contributed by atoms with E-state index in [-0.39, 0.29) is 11.1 Å². The number of Topliss-reactive ketones (excluding diaryl/α,β-unsaturated/α-hetero) is 2. The normalized spacial score (nSPS) is 13.8. The highest BCUT2D eigenvalue weighted by molar-refractivity contribution is 6.57. The molecule has 5 heteroatoms. The van der Waals surface area contributed by atoms with Gasteiger partial charge < -0.3 is 10.6 Å². The van der Waals surface area contributed by atoms with Crippen molar-refractivity contribution in [3.05, 3.63) is 71.3 Å². The molecule has 23 heavy (non-hydrogen) atoms. The molecule has 0 spiro atoms. The average Bonchev–Trinajstić information content (AvgIpc) is 2.57. The predicted molar refractivity (Wildman–Crippen MR) is 86.7 cm³/mol.